The number of allylic oxidation sites excluding steroid dienone is 5. The first-order valence-corrected chi connectivity index (χ1v) is 13.3. The lowest BCUT2D eigenvalue weighted by Gasteiger charge is -2.39. The van der Waals surface area contributed by atoms with Crippen LogP contribution in [0.2, 0.25) is 5.02 Å². The molecule has 5 unspecified atom stereocenters. The highest BCUT2D eigenvalue weighted by atomic mass is 35.5. The van der Waals surface area contributed by atoms with Gasteiger partial charge in [0.05, 0.1) is 16.7 Å². The molecule has 202 valence electrons. The van der Waals surface area contributed by atoms with Crippen LogP contribution in [0.4, 0.5) is 0 Å². The highest BCUT2D eigenvalue weighted by molar-refractivity contribution is 7.86. The van der Waals surface area contributed by atoms with E-state index in [1.54, 1.807) is 6.07 Å². The Bertz CT molecular complexity index is 1450. The molecule has 0 spiro atoms. The SMILES string of the molecule is O=C1C=C/C(=C(/c2ccc(OC3OC(CO)C(O)C(O)C3O)c(Cl)c2)c2ccccc2S(=O)(=O)O)C=C1Cl. The summed E-state index contributed by atoms with van der Waals surface area (Å²) in [5.74, 6) is -0.450. The van der Waals surface area contributed by atoms with Crippen LogP contribution in [0.3, 0.4) is 0 Å². The van der Waals surface area contributed by atoms with Gasteiger partial charge in [0.1, 0.15) is 35.1 Å². The van der Waals surface area contributed by atoms with E-state index in [-0.39, 0.29) is 26.9 Å². The van der Waals surface area contributed by atoms with Gasteiger partial charge in [-0.3, -0.25) is 9.35 Å². The highest BCUT2D eigenvalue weighted by Gasteiger charge is 2.44. The lowest BCUT2D eigenvalue weighted by atomic mass is 9.90. The second kappa shape index (κ2) is 11.3. The van der Waals surface area contributed by atoms with Crippen molar-refractivity contribution in [3.63, 3.8) is 0 Å². The number of aliphatic hydroxyl groups is 4. The molecule has 1 saturated heterocycles. The predicted octanol–water partition coefficient (Wildman–Crippen LogP) is 1.83. The number of aliphatic hydroxyl groups excluding tert-OH is 4. The second-order valence-electron chi connectivity index (χ2n) is 8.45. The molecular formula is C25H22Cl2O10S. The molecule has 10 nitrogen and oxygen atoms in total. The van der Waals surface area contributed by atoms with Crippen LogP contribution in [0, 0.1) is 0 Å². The average molecular weight is 585 g/mol. The quantitative estimate of drug-likeness (QED) is 0.315. The third kappa shape index (κ3) is 5.71. The molecule has 2 aromatic carbocycles. The Morgan fingerprint density at radius 3 is 2.34 bits per heavy atom. The summed E-state index contributed by atoms with van der Waals surface area (Å²) < 4.78 is 45.1. The fourth-order valence-electron chi connectivity index (χ4n) is 4.07. The van der Waals surface area contributed by atoms with E-state index in [4.69, 9.17) is 32.7 Å². The van der Waals surface area contributed by atoms with Crippen molar-refractivity contribution >= 4 is 44.7 Å². The number of rotatable bonds is 6. The first-order valence-electron chi connectivity index (χ1n) is 11.1. The van der Waals surface area contributed by atoms with Crippen LogP contribution in [0.5, 0.6) is 5.75 Å². The van der Waals surface area contributed by atoms with Crippen molar-refractivity contribution in [3.8, 4) is 5.75 Å². The standard InChI is InChI=1S/C25H22Cl2O10S/c26-15-9-12(5-7-17(15)29)21(14-3-1-2-4-20(14)38(33,34)35)13-6-8-18(16(27)10-13)36-25-24(32)23(31)22(30)19(11-28)37-25/h1-10,19,22-25,28,30-32H,11H2,(H,33,34,35)/b21-12+. The maximum absolute atomic E-state index is 12.1. The first-order chi connectivity index (χ1) is 17.9. The summed E-state index contributed by atoms with van der Waals surface area (Å²) in [6, 6.07) is 9.97. The van der Waals surface area contributed by atoms with E-state index >= 15 is 0 Å². The van der Waals surface area contributed by atoms with E-state index in [9.17, 15) is 38.2 Å². The van der Waals surface area contributed by atoms with Gasteiger partial charge in [0, 0.05) is 5.56 Å². The molecule has 13 heteroatoms. The number of carbonyl (C=O) groups is 1. The molecule has 0 saturated carbocycles. The lowest BCUT2D eigenvalue weighted by molar-refractivity contribution is -0.277. The van der Waals surface area contributed by atoms with Gasteiger partial charge in [-0.25, -0.2) is 0 Å². The van der Waals surface area contributed by atoms with Gasteiger partial charge in [-0.05, 0) is 47.1 Å². The Morgan fingerprint density at radius 2 is 1.71 bits per heavy atom. The van der Waals surface area contributed by atoms with Crippen LogP contribution >= 0.6 is 23.2 Å². The number of ether oxygens (including phenoxy) is 2. The summed E-state index contributed by atoms with van der Waals surface area (Å²) in [7, 11) is -4.66. The Kier molecular flexibility index (Phi) is 8.43. The largest absolute Gasteiger partial charge is 0.460 e. The number of benzene rings is 2. The van der Waals surface area contributed by atoms with E-state index in [2.05, 4.69) is 0 Å². The van der Waals surface area contributed by atoms with Crippen LogP contribution in [-0.4, -0.2) is 76.5 Å². The van der Waals surface area contributed by atoms with Crippen molar-refractivity contribution in [3.05, 3.63) is 87.4 Å². The van der Waals surface area contributed by atoms with Crippen molar-refractivity contribution in [2.24, 2.45) is 0 Å². The van der Waals surface area contributed by atoms with Crippen LogP contribution in [-0.2, 0) is 19.6 Å². The van der Waals surface area contributed by atoms with Gasteiger partial charge in [-0.1, -0.05) is 53.5 Å². The molecule has 2 aromatic rings. The van der Waals surface area contributed by atoms with E-state index in [0.717, 1.165) is 0 Å². The molecule has 0 radical (unpaired) electrons. The Balaban J connectivity index is 1.79. The molecule has 4 rings (SSSR count). The maximum Gasteiger partial charge on any atom is 0.295 e. The zero-order valence-electron chi connectivity index (χ0n) is 19.3. The molecule has 0 aromatic heterocycles. The zero-order chi connectivity index (χ0) is 27.8. The van der Waals surface area contributed by atoms with Gasteiger partial charge in [0.2, 0.25) is 6.29 Å². The molecular weight excluding hydrogens is 563 g/mol. The Morgan fingerprint density at radius 1 is 1.00 bits per heavy atom. The normalized spacial score (nSPS) is 27.2. The minimum atomic E-state index is -4.66. The fraction of sp³-hybridized carbons (Fsp3) is 0.240. The van der Waals surface area contributed by atoms with Crippen LogP contribution < -0.4 is 4.74 Å². The molecule has 0 bridgehead atoms. The third-order valence-corrected chi connectivity index (χ3v) is 7.47. The summed E-state index contributed by atoms with van der Waals surface area (Å²) in [5.41, 5.74) is 1.07. The Labute approximate surface area is 227 Å². The lowest BCUT2D eigenvalue weighted by Crippen LogP contribution is -2.60. The number of hydrogen-bond donors (Lipinski definition) is 5. The van der Waals surface area contributed by atoms with Gasteiger partial charge in [-0.15, -0.1) is 0 Å². The highest BCUT2D eigenvalue weighted by Crippen LogP contribution is 2.38. The van der Waals surface area contributed by atoms with Crippen LogP contribution in [0.25, 0.3) is 5.57 Å². The molecule has 1 fully saturated rings. The molecule has 5 N–H and O–H groups in total. The van der Waals surface area contributed by atoms with Crippen molar-refractivity contribution in [1.82, 2.24) is 0 Å². The van der Waals surface area contributed by atoms with Gasteiger partial charge >= 0.3 is 0 Å². The van der Waals surface area contributed by atoms with E-state index in [0.29, 0.717) is 11.1 Å². The summed E-state index contributed by atoms with van der Waals surface area (Å²) in [5, 5.41) is 39.5. The molecule has 2 aliphatic rings. The molecule has 1 heterocycles. The third-order valence-electron chi connectivity index (χ3n) is 5.97. The Hall–Kier alpha value is -2.58. The minimum Gasteiger partial charge on any atom is -0.460 e. The van der Waals surface area contributed by atoms with Crippen LogP contribution in [0.1, 0.15) is 11.1 Å². The number of ketones is 1. The minimum absolute atomic E-state index is 0.00454. The summed E-state index contributed by atoms with van der Waals surface area (Å²) in [6.45, 7) is -0.645. The molecule has 1 aliphatic carbocycles. The molecule has 38 heavy (non-hydrogen) atoms. The van der Waals surface area contributed by atoms with Crippen LogP contribution in [0.15, 0.2) is 76.2 Å². The number of halogens is 2. The first kappa shape index (κ1) is 28.4. The molecule has 5 atom stereocenters. The summed E-state index contributed by atoms with van der Waals surface area (Å²) in [4.78, 5) is 11.5. The number of carbonyl (C=O) groups excluding carboxylic acids is 1. The maximum atomic E-state index is 12.1. The fourth-order valence-corrected chi connectivity index (χ4v) is 5.18. The zero-order valence-corrected chi connectivity index (χ0v) is 21.6. The summed E-state index contributed by atoms with van der Waals surface area (Å²) in [6.07, 6.45) is -3.56. The summed E-state index contributed by atoms with van der Waals surface area (Å²) >= 11 is 12.5. The van der Waals surface area contributed by atoms with E-state index in [1.807, 2.05) is 0 Å². The number of hydrogen-bond acceptors (Lipinski definition) is 9. The van der Waals surface area contributed by atoms with Gasteiger partial charge in [-0.2, -0.15) is 8.42 Å². The van der Waals surface area contributed by atoms with Crippen molar-refractivity contribution in [1.29, 1.82) is 0 Å². The topological polar surface area (TPSA) is 171 Å². The van der Waals surface area contributed by atoms with Crippen molar-refractivity contribution in [2.75, 3.05) is 6.61 Å². The average Bonchev–Trinajstić information content (AvgIpc) is 2.87. The predicted molar refractivity (Wildman–Crippen MR) is 136 cm³/mol. The smallest absolute Gasteiger partial charge is 0.295 e. The van der Waals surface area contributed by atoms with Gasteiger partial charge in [0.15, 0.2) is 5.78 Å². The molecule has 0 amide bonds. The molecule has 1 aliphatic heterocycles. The van der Waals surface area contributed by atoms with E-state index < -0.39 is 58.1 Å². The van der Waals surface area contributed by atoms with E-state index in [1.165, 1.54) is 54.6 Å². The van der Waals surface area contributed by atoms with Gasteiger partial charge < -0.3 is 29.9 Å². The van der Waals surface area contributed by atoms with Crippen molar-refractivity contribution < 1.29 is 47.7 Å². The monoisotopic (exact) mass is 584 g/mol. The van der Waals surface area contributed by atoms with Gasteiger partial charge in [0.25, 0.3) is 10.1 Å². The van der Waals surface area contributed by atoms with Crippen molar-refractivity contribution in [2.45, 2.75) is 35.6 Å². The second-order valence-corrected chi connectivity index (χ2v) is 10.7.